The van der Waals surface area contributed by atoms with E-state index in [0.29, 0.717) is 22.0 Å². The number of thiazole rings is 1. The number of carbonyl (C=O) groups excluding carboxylic acids is 2. The number of hydrogen-bond acceptors (Lipinski definition) is 5. The van der Waals surface area contributed by atoms with E-state index < -0.39 is 0 Å². The van der Waals surface area contributed by atoms with Crippen LogP contribution in [0.15, 0.2) is 29.6 Å². The molecule has 6 heteroatoms. The van der Waals surface area contributed by atoms with E-state index >= 15 is 0 Å². The van der Waals surface area contributed by atoms with E-state index in [1.54, 1.807) is 29.6 Å². The third-order valence-corrected chi connectivity index (χ3v) is 3.12. The van der Waals surface area contributed by atoms with Gasteiger partial charge in [0.15, 0.2) is 10.9 Å². The Kier molecular flexibility index (Phi) is 3.68. The fraction of sp³-hybridized carbons (Fsp3) is 0.0769. The maximum atomic E-state index is 11.9. The summed E-state index contributed by atoms with van der Waals surface area (Å²) in [5.41, 5.74) is 1.25. The van der Waals surface area contributed by atoms with Gasteiger partial charge in [0.1, 0.15) is 5.69 Å². The number of ketones is 1. The zero-order valence-electron chi connectivity index (χ0n) is 10.0. The second-order valence-corrected chi connectivity index (χ2v) is 4.60. The highest BCUT2D eigenvalue weighted by molar-refractivity contribution is 7.14. The first kappa shape index (κ1) is 12.9. The highest BCUT2D eigenvalue weighted by atomic mass is 32.1. The van der Waals surface area contributed by atoms with Crippen LogP contribution in [0.3, 0.4) is 0 Å². The fourth-order valence-corrected chi connectivity index (χ4v) is 2.10. The first-order valence-electron chi connectivity index (χ1n) is 5.38. The minimum atomic E-state index is -0.325. The van der Waals surface area contributed by atoms with Crippen molar-refractivity contribution in [3.05, 3.63) is 46.5 Å². The molecule has 0 saturated carbocycles. The van der Waals surface area contributed by atoms with Crippen LogP contribution in [-0.4, -0.2) is 16.7 Å². The van der Waals surface area contributed by atoms with Gasteiger partial charge in [0.25, 0.3) is 5.91 Å². The zero-order valence-corrected chi connectivity index (χ0v) is 10.8. The van der Waals surface area contributed by atoms with Crippen LogP contribution < -0.4 is 5.32 Å². The standard InChI is InChI=1S/C13H9N3O2S/c1-8(17)11-7-19-13(15-11)16-12(18)10-4-2-9(6-14)3-5-10/h2-5,7H,1H3,(H,15,16,18). The molecule has 0 saturated heterocycles. The van der Waals surface area contributed by atoms with Gasteiger partial charge in [-0.1, -0.05) is 0 Å². The molecule has 2 aromatic rings. The normalized spacial score (nSPS) is 9.68. The highest BCUT2D eigenvalue weighted by Crippen LogP contribution is 2.17. The summed E-state index contributed by atoms with van der Waals surface area (Å²) in [5.74, 6) is -0.468. The van der Waals surface area contributed by atoms with Crippen molar-refractivity contribution in [2.24, 2.45) is 0 Å². The summed E-state index contributed by atoms with van der Waals surface area (Å²) in [6, 6.07) is 8.24. The molecule has 1 aromatic carbocycles. The lowest BCUT2D eigenvalue weighted by Gasteiger charge is -2.01. The number of Topliss-reactive ketones (excluding diaryl/α,β-unsaturated/α-hetero) is 1. The number of aromatic nitrogens is 1. The molecular weight excluding hydrogens is 262 g/mol. The highest BCUT2D eigenvalue weighted by Gasteiger charge is 2.10. The minimum absolute atomic E-state index is 0.143. The average molecular weight is 271 g/mol. The van der Waals surface area contributed by atoms with Crippen molar-refractivity contribution in [3.8, 4) is 6.07 Å². The Morgan fingerprint density at radius 2 is 2.00 bits per heavy atom. The van der Waals surface area contributed by atoms with Gasteiger partial charge < -0.3 is 0 Å². The van der Waals surface area contributed by atoms with Crippen molar-refractivity contribution in [1.82, 2.24) is 4.98 Å². The molecular formula is C13H9N3O2S. The Morgan fingerprint density at radius 3 is 2.53 bits per heavy atom. The number of nitrogens with zero attached hydrogens (tertiary/aromatic N) is 2. The molecule has 0 aliphatic rings. The van der Waals surface area contributed by atoms with E-state index in [1.165, 1.54) is 18.3 Å². The first-order valence-corrected chi connectivity index (χ1v) is 6.26. The van der Waals surface area contributed by atoms with Gasteiger partial charge in [0.2, 0.25) is 0 Å². The van der Waals surface area contributed by atoms with E-state index in [-0.39, 0.29) is 11.7 Å². The van der Waals surface area contributed by atoms with Gasteiger partial charge in [-0.2, -0.15) is 5.26 Å². The van der Waals surface area contributed by atoms with E-state index in [4.69, 9.17) is 5.26 Å². The van der Waals surface area contributed by atoms with Gasteiger partial charge >= 0.3 is 0 Å². The van der Waals surface area contributed by atoms with Crippen molar-refractivity contribution >= 4 is 28.2 Å². The van der Waals surface area contributed by atoms with Crippen molar-refractivity contribution in [2.45, 2.75) is 6.92 Å². The summed E-state index contributed by atoms with van der Waals surface area (Å²) in [5, 5.41) is 13.2. The molecule has 1 amide bonds. The molecule has 19 heavy (non-hydrogen) atoms. The molecule has 0 bridgehead atoms. The van der Waals surface area contributed by atoms with Gasteiger partial charge in [-0.3, -0.25) is 14.9 Å². The smallest absolute Gasteiger partial charge is 0.257 e. The third-order valence-electron chi connectivity index (χ3n) is 2.36. The number of benzene rings is 1. The Balaban J connectivity index is 2.11. The van der Waals surface area contributed by atoms with Gasteiger partial charge in [0, 0.05) is 17.9 Å². The van der Waals surface area contributed by atoms with Crippen LogP contribution in [0.4, 0.5) is 5.13 Å². The monoisotopic (exact) mass is 271 g/mol. The van der Waals surface area contributed by atoms with Crippen molar-refractivity contribution < 1.29 is 9.59 Å². The Morgan fingerprint density at radius 1 is 1.32 bits per heavy atom. The first-order chi connectivity index (χ1) is 9.10. The van der Waals surface area contributed by atoms with Crippen LogP contribution in [0.2, 0.25) is 0 Å². The molecule has 0 atom stereocenters. The number of hydrogen-bond donors (Lipinski definition) is 1. The largest absolute Gasteiger partial charge is 0.298 e. The lowest BCUT2D eigenvalue weighted by molar-refractivity contribution is 0.100. The quantitative estimate of drug-likeness (QED) is 0.869. The third kappa shape index (κ3) is 3.03. The summed E-state index contributed by atoms with van der Waals surface area (Å²) in [7, 11) is 0. The maximum absolute atomic E-state index is 11.9. The van der Waals surface area contributed by atoms with Crippen molar-refractivity contribution in [3.63, 3.8) is 0 Å². The molecule has 0 spiro atoms. The maximum Gasteiger partial charge on any atom is 0.257 e. The Hall–Kier alpha value is -2.52. The molecule has 0 aliphatic heterocycles. The minimum Gasteiger partial charge on any atom is -0.298 e. The van der Waals surface area contributed by atoms with E-state index in [9.17, 15) is 9.59 Å². The molecule has 1 aromatic heterocycles. The van der Waals surface area contributed by atoms with Gasteiger partial charge in [-0.25, -0.2) is 4.98 Å². The molecule has 0 unspecified atom stereocenters. The van der Waals surface area contributed by atoms with Gasteiger partial charge in [-0.05, 0) is 24.3 Å². The molecule has 2 rings (SSSR count). The van der Waals surface area contributed by atoms with E-state index in [1.807, 2.05) is 6.07 Å². The molecule has 0 aliphatic carbocycles. The lowest BCUT2D eigenvalue weighted by Crippen LogP contribution is -2.11. The summed E-state index contributed by atoms with van der Waals surface area (Å²) in [6.07, 6.45) is 0. The number of nitrogens with one attached hydrogen (secondary N) is 1. The number of rotatable bonds is 3. The van der Waals surface area contributed by atoms with Crippen LogP contribution in [-0.2, 0) is 0 Å². The van der Waals surface area contributed by atoms with Gasteiger partial charge in [0.05, 0.1) is 11.6 Å². The lowest BCUT2D eigenvalue weighted by atomic mass is 10.1. The van der Waals surface area contributed by atoms with Crippen LogP contribution in [0.1, 0.15) is 33.3 Å². The fourth-order valence-electron chi connectivity index (χ4n) is 1.36. The number of amides is 1. The van der Waals surface area contributed by atoms with E-state index in [2.05, 4.69) is 10.3 Å². The van der Waals surface area contributed by atoms with Crippen molar-refractivity contribution in [2.75, 3.05) is 5.32 Å². The SMILES string of the molecule is CC(=O)c1csc(NC(=O)c2ccc(C#N)cc2)n1. The predicted octanol–water partition coefficient (Wildman–Crippen LogP) is 2.47. The summed E-state index contributed by atoms with van der Waals surface area (Å²) in [6.45, 7) is 1.42. The number of carbonyl (C=O) groups is 2. The topological polar surface area (TPSA) is 82.9 Å². The molecule has 0 radical (unpaired) electrons. The second kappa shape index (κ2) is 5.42. The van der Waals surface area contributed by atoms with Crippen LogP contribution in [0.5, 0.6) is 0 Å². The van der Waals surface area contributed by atoms with Crippen molar-refractivity contribution in [1.29, 1.82) is 5.26 Å². The zero-order chi connectivity index (χ0) is 13.8. The average Bonchev–Trinajstić information content (AvgIpc) is 2.87. The molecule has 94 valence electrons. The molecule has 0 fully saturated rings. The summed E-state index contributed by atoms with van der Waals surface area (Å²) in [4.78, 5) is 27.0. The van der Waals surface area contributed by atoms with Gasteiger partial charge in [-0.15, -0.1) is 11.3 Å². The summed E-state index contributed by atoms with van der Waals surface area (Å²) < 4.78 is 0. The molecule has 5 nitrogen and oxygen atoms in total. The second-order valence-electron chi connectivity index (χ2n) is 3.74. The summed E-state index contributed by atoms with van der Waals surface area (Å²) >= 11 is 1.19. The Labute approximate surface area is 113 Å². The molecule has 1 N–H and O–H groups in total. The van der Waals surface area contributed by atoms with Crippen LogP contribution in [0.25, 0.3) is 0 Å². The molecule has 1 heterocycles. The van der Waals surface area contributed by atoms with E-state index in [0.717, 1.165) is 0 Å². The van der Waals surface area contributed by atoms with Crippen LogP contribution in [0, 0.1) is 11.3 Å². The predicted molar refractivity (Wildman–Crippen MR) is 71.2 cm³/mol. The van der Waals surface area contributed by atoms with Crippen LogP contribution >= 0.6 is 11.3 Å². The Bertz CT molecular complexity index is 668. The number of anilines is 1. The number of nitriles is 1.